The summed E-state index contributed by atoms with van der Waals surface area (Å²) in [4.78, 5) is 76.6. The molecule has 4 amide bonds. The largest absolute Gasteiger partial charge is 0.453 e. The van der Waals surface area contributed by atoms with Gasteiger partial charge in [-0.25, -0.2) is 14.6 Å². The highest BCUT2D eigenvalue weighted by molar-refractivity contribution is 5.97. The molecule has 6 rings (SSSR count). The zero-order chi connectivity index (χ0) is 41.0. The molecule has 4 aromatic rings. The Labute approximate surface area is 333 Å². The fourth-order valence-corrected chi connectivity index (χ4v) is 8.12. The Kier molecular flexibility index (Phi) is 12.3. The molecule has 302 valence electrons. The zero-order valence-corrected chi connectivity index (χ0v) is 33.9. The van der Waals surface area contributed by atoms with Crippen molar-refractivity contribution in [1.82, 2.24) is 30.4 Å². The van der Waals surface area contributed by atoms with E-state index in [1.54, 1.807) is 16.0 Å². The van der Waals surface area contributed by atoms with Crippen molar-refractivity contribution in [2.45, 2.75) is 90.4 Å². The van der Waals surface area contributed by atoms with Gasteiger partial charge in [0.05, 0.1) is 37.7 Å². The number of H-pyrrole nitrogens is 1. The van der Waals surface area contributed by atoms with E-state index in [0.717, 1.165) is 51.6 Å². The van der Waals surface area contributed by atoms with Crippen molar-refractivity contribution < 1.29 is 33.4 Å². The second kappa shape index (κ2) is 17.2. The molecule has 3 N–H and O–H groups in total. The van der Waals surface area contributed by atoms with Gasteiger partial charge in [-0.3, -0.25) is 14.4 Å². The number of rotatable bonds is 12. The Morgan fingerprint density at radius 1 is 0.789 bits per heavy atom. The number of hydrogen-bond donors (Lipinski definition) is 3. The fraction of sp³-hybridized carbons (Fsp3) is 0.455. The summed E-state index contributed by atoms with van der Waals surface area (Å²) in [5, 5.41) is 7.40. The smallest absolute Gasteiger partial charge is 0.407 e. The van der Waals surface area contributed by atoms with E-state index >= 15 is 0 Å². The number of aromatic nitrogens is 2. The van der Waals surface area contributed by atoms with Crippen molar-refractivity contribution in [1.29, 1.82) is 0 Å². The van der Waals surface area contributed by atoms with Crippen LogP contribution in [-0.2, 0) is 30.3 Å². The Morgan fingerprint density at radius 3 is 2.04 bits per heavy atom. The van der Waals surface area contributed by atoms with Crippen LogP contribution in [-0.4, -0.2) is 94.5 Å². The van der Waals surface area contributed by atoms with E-state index in [2.05, 4.69) is 50.9 Å². The SMILES string of the molecule is COC(=O)N[C@H](C(=O)N1CCC[C@H]1c1ncc(-c2ccc(-c3ccc4cc(CC(=O)[C@]5(C)CCCN5C(=O)[C@@H](NC(=O)OC)C(C)C)ccc4c3)cc2)[nH]1)C(C)C. The Bertz CT molecular complexity index is 2130. The van der Waals surface area contributed by atoms with Crippen LogP contribution in [0.1, 0.15) is 77.7 Å². The number of hydrogen-bond acceptors (Lipinski definition) is 8. The van der Waals surface area contributed by atoms with Crippen molar-refractivity contribution in [3.8, 4) is 22.4 Å². The van der Waals surface area contributed by atoms with E-state index in [-0.39, 0.29) is 41.9 Å². The monoisotopic (exact) mass is 778 g/mol. The van der Waals surface area contributed by atoms with Crippen molar-refractivity contribution >= 4 is 40.6 Å². The van der Waals surface area contributed by atoms with Crippen LogP contribution >= 0.6 is 0 Å². The number of nitrogens with one attached hydrogen (secondary N) is 3. The predicted octanol–water partition coefficient (Wildman–Crippen LogP) is 6.81. The van der Waals surface area contributed by atoms with Gasteiger partial charge in [-0.1, -0.05) is 82.3 Å². The molecule has 4 atom stereocenters. The first-order chi connectivity index (χ1) is 27.2. The third-order valence-electron chi connectivity index (χ3n) is 11.5. The minimum Gasteiger partial charge on any atom is -0.453 e. The van der Waals surface area contributed by atoms with Crippen LogP contribution in [0.3, 0.4) is 0 Å². The van der Waals surface area contributed by atoms with Crippen molar-refractivity contribution in [2.24, 2.45) is 11.8 Å². The number of methoxy groups -OCH3 is 2. The summed E-state index contributed by atoms with van der Waals surface area (Å²) in [6.07, 6.45) is 3.56. The van der Waals surface area contributed by atoms with Gasteiger partial charge in [-0.15, -0.1) is 0 Å². The average Bonchev–Trinajstić information content (AvgIpc) is 3.99. The number of benzene rings is 3. The molecule has 2 saturated heterocycles. The highest BCUT2D eigenvalue weighted by Gasteiger charge is 2.47. The van der Waals surface area contributed by atoms with Gasteiger partial charge in [0.25, 0.3) is 0 Å². The van der Waals surface area contributed by atoms with Crippen LogP contribution < -0.4 is 10.6 Å². The molecule has 3 aromatic carbocycles. The molecule has 3 heterocycles. The van der Waals surface area contributed by atoms with E-state index in [9.17, 15) is 24.0 Å². The van der Waals surface area contributed by atoms with Crippen LogP contribution in [0.5, 0.6) is 0 Å². The summed E-state index contributed by atoms with van der Waals surface area (Å²) in [5.74, 6) is -0.0247. The van der Waals surface area contributed by atoms with Crippen molar-refractivity contribution in [3.05, 3.63) is 78.2 Å². The number of aromatic amines is 1. The topological polar surface area (TPSA) is 163 Å². The third kappa shape index (κ3) is 8.67. The quantitative estimate of drug-likeness (QED) is 0.141. The van der Waals surface area contributed by atoms with Crippen LogP contribution in [0.2, 0.25) is 0 Å². The number of likely N-dealkylation sites (tertiary alicyclic amines) is 2. The van der Waals surface area contributed by atoms with E-state index in [0.29, 0.717) is 31.8 Å². The lowest BCUT2D eigenvalue weighted by molar-refractivity contribution is -0.145. The number of nitrogens with zero attached hydrogens (tertiary/aromatic N) is 3. The molecule has 0 radical (unpaired) electrons. The van der Waals surface area contributed by atoms with Gasteiger partial charge in [-0.05, 0) is 83.5 Å². The Hall–Kier alpha value is -5.72. The van der Waals surface area contributed by atoms with Crippen molar-refractivity contribution in [3.63, 3.8) is 0 Å². The molecule has 2 aliphatic heterocycles. The summed E-state index contributed by atoms with van der Waals surface area (Å²) in [7, 11) is 2.55. The molecular formula is C44H54N6O7. The van der Waals surface area contributed by atoms with E-state index in [1.165, 1.54) is 14.2 Å². The van der Waals surface area contributed by atoms with Gasteiger partial charge in [0.15, 0.2) is 5.78 Å². The van der Waals surface area contributed by atoms with Crippen LogP contribution in [0.25, 0.3) is 33.2 Å². The second-order valence-electron chi connectivity index (χ2n) is 16.0. The van der Waals surface area contributed by atoms with Crippen LogP contribution in [0, 0.1) is 11.8 Å². The number of fused-ring (bicyclic) bond motifs is 1. The van der Waals surface area contributed by atoms with Gasteiger partial charge in [0.2, 0.25) is 11.8 Å². The van der Waals surface area contributed by atoms with Gasteiger partial charge in [0, 0.05) is 19.5 Å². The third-order valence-corrected chi connectivity index (χ3v) is 11.5. The Morgan fingerprint density at radius 2 is 1.39 bits per heavy atom. The van der Waals surface area contributed by atoms with E-state index in [1.807, 2.05) is 65.0 Å². The molecule has 2 fully saturated rings. The average molecular weight is 779 g/mol. The minimum atomic E-state index is -0.970. The maximum absolute atomic E-state index is 13.9. The minimum absolute atomic E-state index is 0.0314. The normalized spacial score (nSPS) is 19.1. The summed E-state index contributed by atoms with van der Waals surface area (Å²) in [6, 6.07) is 18.8. The van der Waals surface area contributed by atoms with Crippen LogP contribution in [0.15, 0.2) is 66.9 Å². The highest BCUT2D eigenvalue weighted by atomic mass is 16.5. The standard InChI is InChI=1S/C44H54N6O7/c1-26(2)37(47-42(54)56-6)40(52)49-20-8-10-35(49)39-45-25-34(46-39)30-15-13-29(14-16-30)32-18-17-31-22-28(11-12-33(31)24-32)23-36(51)44(5)19-9-21-50(44)41(53)38(27(3)4)48-43(55)57-7/h11-18,22,24-27,35,37-38H,8-10,19-21,23H2,1-7H3,(H,45,46)(H,47,54)(H,48,55)/t35-,37-,38-,44-/m0/s1. The first-order valence-electron chi connectivity index (χ1n) is 19.8. The van der Waals surface area contributed by atoms with Crippen molar-refractivity contribution in [2.75, 3.05) is 27.3 Å². The number of imidazole rings is 1. The lowest BCUT2D eigenvalue weighted by Crippen LogP contribution is -2.58. The second-order valence-corrected chi connectivity index (χ2v) is 16.0. The maximum atomic E-state index is 13.9. The lowest BCUT2D eigenvalue weighted by Gasteiger charge is -2.37. The summed E-state index contributed by atoms with van der Waals surface area (Å²) in [6.45, 7) is 10.4. The summed E-state index contributed by atoms with van der Waals surface area (Å²) in [5.41, 5.74) is 3.82. The number of carbonyl (C=O) groups excluding carboxylic acids is 5. The van der Waals surface area contributed by atoms with Crippen LogP contribution in [0.4, 0.5) is 9.59 Å². The zero-order valence-electron chi connectivity index (χ0n) is 33.9. The molecule has 0 aliphatic carbocycles. The molecule has 2 aliphatic rings. The molecule has 57 heavy (non-hydrogen) atoms. The number of amides is 4. The lowest BCUT2D eigenvalue weighted by atomic mass is 9.87. The molecule has 0 bridgehead atoms. The molecule has 0 unspecified atom stereocenters. The number of ether oxygens (including phenoxy) is 2. The molecule has 1 aromatic heterocycles. The highest BCUT2D eigenvalue weighted by Crippen LogP contribution is 2.35. The number of carbonyl (C=O) groups is 5. The van der Waals surface area contributed by atoms with Gasteiger partial charge in [-0.2, -0.15) is 0 Å². The molecule has 0 saturated carbocycles. The number of Topliss-reactive ketones (excluding diaryl/α,β-unsaturated/α-hetero) is 1. The van der Waals surface area contributed by atoms with Gasteiger partial charge >= 0.3 is 12.2 Å². The fourth-order valence-electron chi connectivity index (χ4n) is 8.12. The predicted molar refractivity (Wildman–Crippen MR) is 217 cm³/mol. The molecular weight excluding hydrogens is 725 g/mol. The first-order valence-corrected chi connectivity index (χ1v) is 19.8. The van der Waals surface area contributed by atoms with Gasteiger partial charge < -0.3 is 34.9 Å². The molecule has 13 heteroatoms. The summed E-state index contributed by atoms with van der Waals surface area (Å²) < 4.78 is 9.50. The Balaban J connectivity index is 1.12. The van der Waals surface area contributed by atoms with Gasteiger partial charge in [0.1, 0.15) is 17.9 Å². The maximum Gasteiger partial charge on any atom is 0.407 e. The van der Waals surface area contributed by atoms with E-state index < -0.39 is 29.8 Å². The molecule has 13 nitrogen and oxygen atoms in total. The number of ketones is 1. The molecule has 0 spiro atoms. The number of alkyl carbamates (subject to hydrolysis) is 2. The first kappa shape index (κ1) is 40.9. The summed E-state index contributed by atoms with van der Waals surface area (Å²) >= 11 is 0. The van der Waals surface area contributed by atoms with E-state index in [4.69, 9.17) is 9.47 Å².